The first-order valence-electron chi connectivity index (χ1n) is 10.5. The van der Waals surface area contributed by atoms with E-state index in [-0.39, 0.29) is 12.4 Å². The van der Waals surface area contributed by atoms with Gasteiger partial charge in [-0.25, -0.2) is 4.98 Å². The molecule has 2 aromatic carbocycles. The zero-order valence-electron chi connectivity index (χ0n) is 18.2. The number of pyridine rings is 1. The van der Waals surface area contributed by atoms with Gasteiger partial charge in [0.25, 0.3) is 5.91 Å². The van der Waals surface area contributed by atoms with Gasteiger partial charge in [0.05, 0.1) is 30.3 Å². The van der Waals surface area contributed by atoms with Crippen LogP contribution in [-0.4, -0.2) is 28.5 Å². The highest BCUT2D eigenvalue weighted by Gasteiger charge is 2.26. The highest BCUT2D eigenvalue weighted by molar-refractivity contribution is 6.02. The first-order valence-corrected chi connectivity index (χ1v) is 10.5. The van der Waals surface area contributed by atoms with Crippen LogP contribution in [0.2, 0.25) is 0 Å². The summed E-state index contributed by atoms with van der Waals surface area (Å²) in [7, 11) is 1.37. The number of rotatable bonds is 7. The fraction of sp³-hybridized carbons (Fsp3) is 0.192. The number of hydrogen-bond acceptors (Lipinski definition) is 4. The summed E-state index contributed by atoms with van der Waals surface area (Å²) in [6.07, 6.45) is 0.588. The first kappa shape index (κ1) is 21.3. The molecule has 0 atom stereocenters. The quantitative estimate of drug-likeness (QED) is 0.446. The Balaban J connectivity index is 1.93. The normalized spacial score (nSPS) is 10.9. The molecule has 1 amide bonds. The van der Waals surface area contributed by atoms with Crippen molar-refractivity contribution in [1.29, 1.82) is 0 Å². The van der Waals surface area contributed by atoms with E-state index < -0.39 is 5.91 Å². The predicted molar refractivity (Wildman–Crippen MR) is 124 cm³/mol. The average Bonchev–Trinajstić information content (AvgIpc) is 3.09. The van der Waals surface area contributed by atoms with E-state index in [0.717, 1.165) is 27.9 Å². The highest BCUT2D eigenvalue weighted by Crippen LogP contribution is 2.34. The van der Waals surface area contributed by atoms with Crippen LogP contribution in [-0.2, 0) is 22.5 Å². The van der Waals surface area contributed by atoms with E-state index in [9.17, 15) is 9.59 Å². The Morgan fingerprint density at radius 1 is 1.00 bits per heavy atom. The van der Waals surface area contributed by atoms with E-state index in [2.05, 4.69) is 4.57 Å². The molecular weight excluding hydrogens is 402 g/mol. The Kier molecular flexibility index (Phi) is 6.03. The Morgan fingerprint density at radius 3 is 2.44 bits per heavy atom. The number of hydrogen-bond donors (Lipinski definition) is 1. The number of amides is 1. The second kappa shape index (κ2) is 9.06. The fourth-order valence-electron chi connectivity index (χ4n) is 4.14. The van der Waals surface area contributed by atoms with Crippen LogP contribution in [0.1, 0.15) is 33.7 Å². The molecule has 0 radical (unpaired) electrons. The number of fused-ring (bicyclic) bond motifs is 1. The van der Waals surface area contributed by atoms with Crippen LogP contribution >= 0.6 is 0 Å². The minimum atomic E-state index is -0.515. The van der Waals surface area contributed by atoms with Gasteiger partial charge in [-0.1, -0.05) is 54.6 Å². The van der Waals surface area contributed by atoms with E-state index in [0.29, 0.717) is 29.8 Å². The van der Waals surface area contributed by atoms with Gasteiger partial charge in [-0.2, -0.15) is 0 Å². The summed E-state index contributed by atoms with van der Waals surface area (Å²) in [5, 5.41) is 1.01. The number of nitrogens with two attached hydrogens (primary N) is 1. The molecule has 2 N–H and O–H groups in total. The Labute approximate surface area is 186 Å². The summed E-state index contributed by atoms with van der Waals surface area (Å²) >= 11 is 0. The van der Waals surface area contributed by atoms with E-state index in [4.69, 9.17) is 15.5 Å². The van der Waals surface area contributed by atoms with E-state index >= 15 is 0 Å². The topological polar surface area (TPSA) is 87.2 Å². The lowest BCUT2D eigenvalue weighted by Crippen LogP contribution is -2.14. The number of carbonyl (C=O) groups excluding carboxylic acids is 2. The summed E-state index contributed by atoms with van der Waals surface area (Å²) < 4.78 is 6.92. The lowest BCUT2D eigenvalue weighted by Gasteiger charge is -2.13. The minimum Gasteiger partial charge on any atom is -0.469 e. The summed E-state index contributed by atoms with van der Waals surface area (Å²) in [6.45, 7) is 2.44. The van der Waals surface area contributed by atoms with Crippen molar-refractivity contribution in [1.82, 2.24) is 9.55 Å². The number of ether oxygens (including phenoxy) is 1. The third-order valence-corrected chi connectivity index (χ3v) is 5.71. The van der Waals surface area contributed by atoms with Crippen molar-refractivity contribution in [2.75, 3.05) is 7.11 Å². The minimum absolute atomic E-state index is 0.188. The smallest absolute Gasteiger partial charge is 0.305 e. The molecule has 0 aliphatic heterocycles. The van der Waals surface area contributed by atoms with Crippen molar-refractivity contribution in [2.45, 2.75) is 26.3 Å². The molecule has 0 bridgehead atoms. The van der Waals surface area contributed by atoms with E-state index in [1.165, 1.54) is 7.11 Å². The number of aromatic nitrogens is 2. The third kappa shape index (κ3) is 4.12. The van der Waals surface area contributed by atoms with Gasteiger partial charge in [-0.15, -0.1) is 0 Å². The van der Waals surface area contributed by atoms with Crippen molar-refractivity contribution < 1.29 is 14.3 Å². The lowest BCUT2D eigenvalue weighted by molar-refractivity contribution is -0.140. The molecule has 2 aromatic heterocycles. The standard InChI is InChI=1S/C26H25N3O3/c1-17-24(26(27)31)25(21-13-12-19-10-6-7-11-20(19)28-21)22(14-15-23(30)32-2)29(17)16-18-8-4-3-5-9-18/h3-13H,14-16H2,1-2H3,(H2,27,31). The van der Waals surface area contributed by atoms with Crippen LogP contribution in [0.3, 0.4) is 0 Å². The van der Waals surface area contributed by atoms with Crippen LogP contribution < -0.4 is 5.73 Å². The molecule has 0 spiro atoms. The number of esters is 1. The summed E-state index contributed by atoms with van der Waals surface area (Å²) in [4.78, 5) is 29.4. The molecule has 162 valence electrons. The van der Waals surface area contributed by atoms with Crippen LogP contribution in [0, 0.1) is 6.92 Å². The predicted octanol–water partition coefficient (Wildman–Crippen LogP) is 4.26. The lowest BCUT2D eigenvalue weighted by atomic mass is 10.0. The van der Waals surface area contributed by atoms with Gasteiger partial charge in [0, 0.05) is 28.9 Å². The van der Waals surface area contributed by atoms with Gasteiger partial charge >= 0.3 is 5.97 Å². The molecule has 4 aromatic rings. The van der Waals surface area contributed by atoms with E-state index in [1.54, 1.807) is 0 Å². The summed E-state index contributed by atoms with van der Waals surface area (Å²) in [5.74, 6) is -0.827. The third-order valence-electron chi connectivity index (χ3n) is 5.71. The van der Waals surface area contributed by atoms with Gasteiger partial charge in [0.1, 0.15) is 0 Å². The highest BCUT2D eigenvalue weighted by atomic mass is 16.5. The second-order valence-corrected chi connectivity index (χ2v) is 7.68. The first-order chi connectivity index (χ1) is 15.5. The van der Waals surface area contributed by atoms with Crippen LogP contribution in [0.15, 0.2) is 66.7 Å². The molecule has 0 aliphatic rings. The molecule has 2 heterocycles. The van der Waals surface area contributed by atoms with Gasteiger partial charge < -0.3 is 15.0 Å². The molecule has 6 heteroatoms. The Hall–Kier alpha value is -3.93. The number of nitrogens with zero attached hydrogens (tertiary/aromatic N) is 2. The number of carbonyl (C=O) groups is 2. The zero-order valence-corrected chi connectivity index (χ0v) is 18.2. The monoisotopic (exact) mass is 427 g/mol. The van der Waals surface area contributed by atoms with Crippen molar-refractivity contribution in [3.63, 3.8) is 0 Å². The maximum atomic E-state index is 12.6. The Bertz CT molecular complexity index is 1290. The molecular formula is C26H25N3O3. The van der Waals surface area contributed by atoms with Crippen molar-refractivity contribution >= 4 is 22.8 Å². The van der Waals surface area contributed by atoms with E-state index in [1.807, 2.05) is 73.7 Å². The van der Waals surface area contributed by atoms with Gasteiger partial charge in [-0.05, 0) is 31.0 Å². The summed E-state index contributed by atoms with van der Waals surface area (Å²) in [6, 6.07) is 21.7. The summed E-state index contributed by atoms with van der Waals surface area (Å²) in [5.41, 5.74) is 11.1. The van der Waals surface area contributed by atoms with Crippen LogP contribution in [0.4, 0.5) is 0 Å². The van der Waals surface area contributed by atoms with Gasteiger partial charge in [0.2, 0.25) is 0 Å². The number of para-hydroxylation sites is 1. The Morgan fingerprint density at radius 2 is 1.72 bits per heavy atom. The van der Waals surface area contributed by atoms with Crippen molar-refractivity contribution in [3.8, 4) is 11.3 Å². The van der Waals surface area contributed by atoms with Crippen LogP contribution in [0.25, 0.3) is 22.2 Å². The number of methoxy groups -OCH3 is 1. The fourth-order valence-corrected chi connectivity index (χ4v) is 4.14. The molecule has 0 aliphatic carbocycles. The molecule has 0 fully saturated rings. The SMILES string of the molecule is COC(=O)CCc1c(-c2ccc3ccccc3n2)c(C(N)=O)c(C)n1Cc1ccccc1. The van der Waals surface area contributed by atoms with Crippen molar-refractivity contribution in [3.05, 3.63) is 89.2 Å². The van der Waals surface area contributed by atoms with Crippen molar-refractivity contribution in [2.24, 2.45) is 5.73 Å². The molecule has 4 rings (SSSR count). The molecule has 0 unspecified atom stereocenters. The van der Waals surface area contributed by atoms with Crippen LogP contribution in [0.5, 0.6) is 0 Å². The zero-order chi connectivity index (χ0) is 22.7. The number of primary amides is 1. The van der Waals surface area contributed by atoms with Gasteiger partial charge in [-0.3, -0.25) is 9.59 Å². The largest absolute Gasteiger partial charge is 0.469 e. The molecule has 0 saturated heterocycles. The maximum Gasteiger partial charge on any atom is 0.305 e. The molecule has 6 nitrogen and oxygen atoms in total. The van der Waals surface area contributed by atoms with Gasteiger partial charge in [0.15, 0.2) is 0 Å². The molecule has 0 saturated carbocycles. The molecule has 32 heavy (non-hydrogen) atoms. The number of benzene rings is 2. The second-order valence-electron chi connectivity index (χ2n) is 7.68. The maximum absolute atomic E-state index is 12.6. The average molecular weight is 428 g/mol.